The van der Waals surface area contributed by atoms with Crippen LogP contribution in [-0.2, 0) is 0 Å². The molecule has 1 heterocycles. The van der Waals surface area contributed by atoms with E-state index in [0.717, 1.165) is 0 Å². The number of H-pyrrole nitrogens is 1. The van der Waals surface area contributed by atoms with Crippen LogP contribution in [-0.4, -0.2) is 10.8 Å². The van der Waals surface area contributed by atoms with Gasteiger partial charge in [-0.3, -0.25) is 4.79 Å². The number of benzene rings is 1. The topological polar surface area (TPSA) is 32.9 Å². The van der Waals surface area contributed by atoms with Gasteiger partial charge in [0.1, 0.15) is 5.82 Å². The third kappa shape index (κ3) is 2.09. The molecule has 0 saturated heterocycles. The summed E-state index contributed by atoms with van der Waals surface area (Å²) in [6, 6.07) is 5.84. The molecule has 2 rings (SSSR count). The molecule has 0 spiro atoms. The van der Waals surface area contributed by atoms with E-state index in [2.05, 4.69) is 4.98 Å². The maximum atomic E-state index is 12.8. The van der Waals surface area contributed by atoms with E-state index < -0.39 is 0 Å². The molecule has 4 heteroatoms. The van der Waals surface area contributed by atoms with Gasteiger partial charge in [0.25, 0.3) is 0 Å². The monoisotopic (exact) mass is 315 g/mol. The van der Waals surface area contributed by atoms with Gasteiger partial charge in [0.2, 0.25) is 0 Å². The minimum Gasteiger partial charge on any atom is -0.367 e. The van der Waals surface area contributed by atoms with Gasteiger partial charge in [0.05, 0.1) is 0 Å². The fraction of sp³-hybridized carbons (Fsp3) is 0. The standard InChI is InChI=1S/C11H7FINO/c12-8-1-2-9(10(13)5-8)11(15)7-3-4-14-6-7/h1-6,14H. The molecular weight excluding hydrogens is 308 g/mol. The normalized spacial score (nSPS) is 10.3. The first kappa shape index (κ1) is 10.4. The van der Waals surface area contributed by atoms with Gasteiger partial charge in [-0.1, -0.05) is 0 Å². The van der Waals surface area contributed by atoms with Crippen molar-refractivity contribution in [2.75, 3.05) is 0 Å². The van der Waals surface area contributed by atoms with Gasteiger partial charge in [0, 0.05) is 27.1 Å². The van der Waals surface area contributed by atoms with E-state index >= 15 is 0 Å². The minimum atomic E-state index is -0.329. The summed E-state index contributed by atoms with van der Waals surface area (Å²) in [7, 11) is 0. The molecule has 0 fully saturated rings. The highest BCUT2D eigenvalue weighted by Gasteiger charge is 2.12. The number of halogens is 2. The molecule has 0 aliphatic carbocycles. The van der Waals surface area contributed by atoms with Crippen LogP contribution in [0, 0.1) is 9.39 Å². The first-order valence-corrected chi connectivity index (χ1v) is 5.39. The van der Waals surface area contributed by atoms with Crippen molar-refractivity contribution in [2.45, 2.75) is 0 Å². The van der Waals surface area contributed by atoms with Crippen molar-refractivity contribution in [3.8, 4) is 0 Å². The molecule has 0 atom stereocenters. The summed E-state index contributed by atoms with van der Waals surface area (Å²) in [5.41, 5.74) is 1.11. The van der Waals surface area contributed by atoms with E-state index in [4.69, 9.17) is 0 Å². The van der Waals surface area contributed by atoms with Crippen LogP contribution in [0.1, 0.15) is 15.9 Å². The van der Waals surface area contributed by atoms with E-state index in [-0.39, 0.29) is 11.6 Å². The Labute approximate surface area is 99.7 Å². The lowest BCUT2D eigenvalue weighted by Gasteiger charge is -2.01. The zero-order valence-electron chi connectivity index (χ0n) is 7.63. The fourth-order valence-electron chi connectivity index (χ4n) is 1.29. The fourth-order valence-corrected chi connectivity index (χ4v) is 2.02. The van der Waals surface area contributed by atoms with Crippen molar-refractivity contribution in [1.29, 1.82) is 0 Å². The smallest absolute Gasteiger partial charge is 0.195 e. The minimum absolute atomic E-state index is 0.0966. The van der Waals surface area contributed by atoms with E-state index in [1.165, 1.54) is 18.2 Å². The Balaban J connectivity index is 2.42. The molecule has 0 bridgehead atoms. The van der Waals surface area contributed by atoms with E-state index in [0.29, 0.717) is 14.7 Å². The molecule has 1 N–H and O–H groups in total. The van der Waals surface area contributed by atoms with Crippen LogP contribution in [0.4, 0.5) is 4.39 Å². The maximum Gasteiger partial charge on any atom is 0.195 e. The number of aromatic amines is 1. The summed E-state index contributed by atoms with van der Waals surface area (Å²) in [6.07, 6.45) is 3.31. The molecule has 1 aromatic carbocycles. The Morgan fingerprint density at radius 2 is 2.13 bits per heavy atom. The third-order valence-corrected chi connectivity index (χ3v) is 2.93. The summed E-state index contributed by atoms with van der Waals surface area (Å²) < 4.78 is 13.5. The van der Waals surface area contributed by atoms with E-state index in [1.54, 1.807) is 18.5 Å². The van der Waals surface area contributed by atoms with Crippen LogP contribution in [0.2, 0.25) is 0 Å². The Bertz CT molecular complexity index is 493. The predicted molar refractivity (Wildman–Crippen MR) is 63.3 cm³/mol. The number of hydrogen-bond donors (Lipinski definition) is 1. The number of rotatable bonds is 2. The molecule has 2 nitrogen and oxygen atoms in total. The van der Waals surface area contributed by atoms with Gasteiger partial charge < -0.3 is 4.98 Å². The van der Waals surface area contributed by atoms with E-state index in [9.17, 15) is 9.18 Å². The van der Waals surface area contributed by atoms with Gasteiger partial charge in [-0.15, -0.1) is 0 Å². The summed E-state index contributed by atoms with van der Waals surface area (Å²) in [5, 5.41) is 0. The van der Waals surface area contributed by atoms with Crippen molar-refractivity contribution < 1.29 is 9.18 Å². The Morgan fingerprint density at radius 1 is 1.33 bits per heavy atom. The predicted octanol–water partition coefficient (Wildman–Crippen LogP) is 2.99. The number of nitrogens with one attached hydrogen (secondary N) is 1. The summed E-state index contributed by atoms with van der Waals surface area (Å²) in [4.78, 5) is 14.7. The Hall–Kier alpha value is -1.17. The lowest BCUT2D eigenvalue weighted by atomic mass is 10.1. The number of aromatic nitrogens is 1. The van der Waals surface area contributed by atoms with Crippen LogP contribution in [0.5, 0.6) is 0 Å². The van der Waals surface area contributed by atoms with Crippen LogP contribution >= 0.6 is 22.6 Å². The zero-order chi connectivity index (χ0) is 10.8. The molecule has 1 aromatic heterocycles. The Kier molecular flexibility index (Phi) is 2.86. The first-order valence-electron chi connectivity index (χ1n) is 4.31. The number of carbonyl (C=O) groups excluding carboxylic acids is 1. The average molecular weight is 315 g/mol. The van der Waals surface area contributed by atoms with Crippen molar-refractivity contribution in [2.24, 2.45) is 0 Å². The second-order valence-electron chi connectivity index (χ2n) is 3.05. The molecule has 0 aliphatic rings. The quantitative estimate of drug-likeness (QED) is 0.671. The summed E-state index contributed by atoms with van der Waals surface area (Å²) in [5.74, 6) is -0.425. The molecule has 76 valence electrons. The zero-order valence-corrected chi connectivity index (χ0v) is 9.79. The van der Waals surface area contributed by atoms with Gasteiger partial charge in [-0.25, -0.2) is 4.39 Å². The van der Waals surface area contributed by atoms with Crippen molar-refractivity contribution in [3.63, 3.8) is 0 Å². The molecule has 2 aromatic rings. The second kappa shape index (κ2) is 4.14. The van der Waals surface area contributed by atoms with Crippen LogP contribution in [0.15, 0.2) is 36.7 Å². The second-order valence-corrected chi connectivity index (χ2v) is 4.22. The molecule has 0 amide bonds. The van der Waals surface area contributed by atoms with Crippen LogP contribution in [0.25, 0.3) is 0 Å². The van der Waals surface area contributed by atoms with Crippen molar-refractivity contribution in [1.82, 2.24) is 4.98 Å². The first-order chi connectivity index (χ1) is 7.18. The molecule has 15 heavy (non-hydrogen) atoms. The summed E-state index contributed by atoms with van der Waals surface area (Å²) >= 11 is 1.96. The molecule has 0 aliphatic heterocycles. The van der Waals surface area contributed by atoms with Crippen molar-refractivity contribution in [3.05, 3.63) is 57.2 Å². The van der Waals surface area contributed by atoms with Crippen LogP contribution in [0.3, 0.4) is 0 Å². The molecule has 0 unspecified atom stereocenters. The lowest BCUT2D eigenvalue weighted by molar-refractivity contribution is 0.103. The van der Waals surface area contributed by atoms with Gasteiger partial charge in [-0.05, 0) is 46.9 Å². The van der Waals surface area contributed by atoms with Gasteiger partial charge in [-0.2, -0.15) is 0 Å². The van der Waals surface area contributed by atoms with Gasteiger partial charge in [0.15, 0.2) is 5.78 Å². The van der Waals surface area contributed by atoms with Crippen molar-refractivity contribution >= 4 is 28.4 Å². The van der Waals surface area contributed by atoms with E-state index in [1.807, 2.05) is 22.6 Å². The molecule has 0 saturated carbocycles. The molecular formula is C11H7FINO. The highest BCUT2D eigenvalue weighted by molar-refractivity contribution is 14.1. The van der Waals surface area contributed by atoms with Gasteiger partial charge >= 0.3 is 0 Å². The maximum absolute atomic E-state index is 12.8. The average Bonchev–Trinajstić information content (AvgIpc) is 2.69. The lowest BCUT2D eigenvalue weighted by Crippen LogP contribution is -2.02. The Morgan fingerprint density at radius 3 is 2.73 bits per heavy atom. The highest BCUT2D eigenvalue weighted by atomic mass is 127. The number of carbonyl (C=O) groups is 1. The third-order valence-electron chi connectivity index (χ3n) is 2.04. The van der Waals surface area contributed by atoms with Crippen LogP contribution < -0.4 is 0 Å². The molecule has 0 radical (unpaired) electrons. The largest absolute Gasteiger partial charge is 0.367 e. The SMILES string of the molecule is O=C(c1cc[nH]c1)c1ccc(F)cc1I. The summed E-state index contributed by atoms with van der Waals surface area (Å²) in [6.45, 7) is 0. The number of ketones is 1. The highest BCUT2D eigenvalue weighted by Crippen LogP contribution is 2.17. The number of hydrogen-bond acceptors (Lipinski definition) is 1.